The molecule has 0 amide bonds. The quantitative estimate of drug-likeness (QED) is 0.495. The van der Waals surface area contributed by atoms with Crippen LogP contribution in [-0.2, 0) is 0 Å². The summed E-state index contributed by atoms with van der Waals surface area (Å²) in [5, 5.41) is 0.0957. The second kappa shape index (κ2) is 8.57. The molecule has 158 valence electrons. The summed E-state index contributed by atoms with van der Waals surface area (Å²) in [6, 6.07) is 3.93. The first kappa shape index (κ1) is 20.6. The van der Waals surface area contributed by atoms with Crippen LogP contribution in [0, 0.1) is 35.2 Å². The van der Waals surface area contributed by atoms with Crippen molar-refractivity contribution < 1.29 is 17.9 Å². The molecule has 2 aromatic carbocycles. The molecule has 0 spiro atoms. The van der Waals surface area contributed by atoms with Gasteiger partial charge in [-0.3, -0.25) is 0 Å². The molecule has 2 fully saturated rings. The molecule has 2 aliphatic carbocycles. The van der Waals surface area contributed by atoms with Gasteiger partial charge in [0, 0.05) is 11.6 Å². The van der Waals surface area contributed by atoms with Crippen molar-refractivity contribution in [2.24, 2.45) is 17.8 Å². The molecule has 0 aromatic heterocycles. The molecule has 4 rings (SSSR count). The molecule has 2 saturated carbocycles. The Hall–Kier alpha value is -1.71. The van der Waals surface area contributed by atoms with Crippen molar-refractivity contribution in [2.75, 3.05) is 7.11 Å². The Morgan fingerprint density at radius 2 is 1.69 bits per heavy atom. The van der Waals surface area contributed by atoms with Gasteiger partial charge in [0.15, 0.2) is 0 Å². The fourth-order valence-corrected chi connectivity index (χ4v) is 5.90. The van der Waals surface area contributed by atoms with Gasteiger partial charge < -0.3 is 4.74 Å². The minimum absolute atomic E-state index is 0.0909. The van der Waals surface area contributed by atoms with Crippen molar-refractivity contribution in [3.63, 3.8) is 0 Å². The molecular formula is C25H31F3O. The molecule has 29 heavy (non-hydrogen) atoms. The van der Waals surface area contributed by atoms with Crippen LogP contribution in [0.15, 0.2) is 18.2 Å². The average molecular weight is 405 g/mol. The molecular weight excluding hydrogens is 373 g/mol. The zero-order valence-corrected chi connectivity index (χ0v) is 17.4. The van der Waals surface area contributed by atoms with Crippen LogP contribution in [0.3, 0.4) is 0 Å². The van der Waals surface area contributed by atoms with Gasteiger partial charge in [-0.2, -0.15) is 0 Å². The van der Waals surface area contributed by atoms with E-state index in [0.717, 1.165) is 31.6 Å². The molecule has 4 heteroatoms. The normalized spacial score (nSPS) is 27.1. The summed E-state index contributed by atoms with van der Waals surface area (Å²) >= 11 is 0. The molecule has 0 saturated heterocycles. The number of rotatable bonds is 5. The zero-order chi connectivity index (χ0) is 20.5. The van der Waals surface area contributed by atoms with E-state index in [4.69, 9.17) is 4.74 Å². The lowest BCUT2D eigenvalue weighted by molar-refractivity contribution is 0.112. The minimum atomic E-state index is -0.722. The van der Waals surface area contributed by atoms with Crippen molar-refractivity contribution in [3.8, 4) is 5.75 Å². The van der Waals surface area contributed by atoms with Crippen LogP contribution in [0.25, 0.3) is 10.8 Å². The molecule has 0 N–H and O–H groups in total. The number of hydrogen-bond acceptors (Lipinski definition) is 1. The Morgan fingerprint density at radius 3 is 2.45 bits per heavy atom. The highest BCUT2D eigenvalue weighted by Crippen LogP contribution is 2.49. The fraction of sp³-hybridized carbons (Fsp3) is 0.600. The highest BCUT2D eigenvalue weighted by Gasteiger charge is 2.37. The maximum Gasteiger partial charge on any atom is 0.140 e. The Balaban J connectivity index is 1.58. The molecule has 0 radical (unpaired) electrons. The number of hydrogen-bond donors (Lipinski definition) is 0. The second-order valence-corrected chi connectivity index (χ2v) is 9.14. The van der Waals surface area contributed by atoms with Gasteiger partial charge in [-0.25, -0.2) is 13.2 Å². The highest BCUT2D eigenvalue weighted by molar-refractivity contribution is 5.86. The van der Waals surface area contributed by atoms with E-state index >= 15 is 4.39 Å². The lowest BCUT2D eigenvalue weighted by Crippen LogP contribution is -2.31. The molecule has 0 aliphatic heterocycles. The Bertz CT molecular complexity index is 878. The predicted octanol–water partition coefficient (Wildman–Crippen LogP) is 7.76. The maximum atomic E-state index is 15.3. The van der Waals surface area contributed by atoms with Crippen LogP contribution in [0.5, 0.6) is 5.75 Å². The van der Waals surface area contributed by atoms with Crippen LogP contribution in [0.1, 0.15) is 76.2 Å². The number of fused-ring (bicyclic) bond motifs is 2. The summed E-state index contributed by atoms with van der Waals surface area (Å²) in [5.41, 5.74) is 0.0909. The Labute approximate surface area is 171 Å². The summed E-state index contributed by atoms with van der Waals surface area (Å²) in [6.45, 7) is 2.24. The third kappa shape index (κ3) is 4.00. The van der Waals surface area contributed by atoms with Gasteiger partial charge in [0.05, 0.1) is 12.5 Å². The van der Waals surface area contributed by atoms with Gasteiger partial charge in [-0.1, -0.05) is 32.6 Å². The smallest absolute Gasteiger partial charge is 0.140 e. The predicted molar refractivity (Wildman–Crippen MR) is 111 cm³/mol. The summed E-state index contributed by atoms with van der Waals surface area (Å²) < 4.78 is 49.9. The lowest BCUT2D eigenvalue weighted by atomic mass is 9.63. The SMILES string of the molecule is CCCCC1CCC2CC(c3c(F)cc4cc(OC)cc(F)c4c3F)CCC2C1. The Morgan fingerprint density at radius 1 is 0.931 bits per heavy atom. The summed E-state index contributed by atoms with van der Waals surface area (Å²) in [6.07, 6.45) is 10.2. The molecule has 0 heterocycles. The van der Waals surface area contributed by atoms with Crippen molar-refractivity contribution in [1.29, 1.82) is 0 Å². The number of benzene rings is 2. The molecule has 4 atom stereocenters. The topological polar surface area (TPSA) is 9.23 Å². The summed E-state index contributed by atoms with van der Waals surface area (Å²) in [5.74, 6) is 0.199. The van der Waals surface area contributed by atoms with E-state index in [1.165, 1.54) is 57.4 Å². The van der Waals surface area contributed by atoms with E-state index in [0.29, 0.717) is 11.8 Å². The molecule has 2 aromatic rings. The molecule has 2 aliphatic rings. The zero-order valence-electron chi connectivity index (χ0n) is 17.4. The van der Waals surface area contributed by atoms with Gasteiger partial charge in [-0.15, -0.1) is 0 Å². The number of ether oxygens (including phenoxy) is 1. The first-order valence-electron chi connectivity index (χ1n) is 11.2. The minimum Gasteiger partial charge on any atom is -0.497 e. The van der Waals surface area contributed by atoms with E-state index < -0.39 is 17.5 Å². The van der Waals surface area contributed by atoms with Gasteiger partial charge in [0.25, 0.3) is 0 Å². The van der Waals surface area contributed by atoms with Crippen molar-refractivity contribution in [3.05, 3.63) is 41.2 Å². The summed E-state index contributed by atoms with van der Waals surface area (Å²) in [7, 11) is 1.41. The van der Waals surface area contributed by atoms with Crippen molar-refractivity contribution in [1.82, 2.24) is 0 Å². The first-order valence-corrected chi connectivity index (χ1v) is 11.2. The third-order valence-electron chi connectivity index (χ3n) is 7.42. The molecule has 4 unspecified atom stereocenters. The average Bonchev–Trinajstić information content (AvgIpc) is 2.71. The second-order valence-electron chi connectivity index (χ2n) is 9.14. The van der Waals surface area contributed by atoms with Gasteiger partial charge >= 0.3 is 0 Å². The van der Waals surface area contributed by atoms with Crippen LogP contribution < -0.4 is 4.74 Å². The molecule has 0 bridgehead atoms. The largest absolute Gasteiger partial charge is 0.497 e. The maximum absolute atomic E-state index is 15.3. The standard InChI is InChI=1S/C25H31F3O/c1-3-4-5-15-6-7-17-11-18(9-8-16(17)10-15)23-21(26)13-19-12-20(29-2)14-22(27)24(19)25(23)28/h12-18H,3-11H2,1-2H3. The van der Waals surface area contributed by atoms with Crippen LogP contribution in [0.2, 0.25) is 0 Å². The van der Waals surface area contributed by atoms with Gasteiger partial charge in [0.2, 0.25) is 0 Å². The van der Waals surface area contributed by atoms with Gasteiger partial charge in [-0.05, 0) is 73.3 Å². The Kier molecular flexibility index (Phi) is 6.08. The van der Waals surface area contributed by atoms with E-state index in [9.17, 15) is 8.78 Å². The molecule has 1 nitrogen and oxygen atoms in total. The van der Waals surface area contributed by atoms with Crippen LogP contribution >= 0.6 is 0 Å². The van der Waals surface area contributed by atoms with E-state index in [1.807, 2.05) is 0 Å². The number of halogens is 3. The number of unbranched alkanes of at least 4 members (excludes halogenated alkanes) is 1. The summed E-state index contributed by atoms with van der Waals surface area (Å²) in [4.78, 5) is 0. The van der Waals surface area contributed by atoms with Crippen LogP contribution in [0.4, 0.5) is 13.2 Å². The van der Waals surface area contributed by atoms with Gasteiger partial charge in [0.1, 0.15) is 23.2 Å². The van der Waals surface area contributed by atoms with E-state index in [-0.39, 0.29) is 28.0 Å². The number of methoxy groups -OCH3 is 1. The lowest BCUT2D eigenvalue weighted by Gasteiger charge is -2.42. The van der Waals surface area contributed by atoms with Crippen molar-refractivity contribution >= 4 is 10.8 Å². The third-order valence-corrected chi connectivity index (χ3v) is 7.42. The fourth-order valence-electron chi connectivity index (χ4n) is 5.90. The first-order chi connectivity index (χ1) is 14.0. The van der Waals surface area contributed by atoms with Crippen molar-refractivity contribution in [2.45, 2.75) is 70.6 Å². The van der Waals surface area contributed by atoms with Crippen LogP contribution in [-0.4, -0.2) is 7.11 Å². The van der Waals surface area contributed by atoms with E-state index in [2.05, 4.69) is 6.92 Å². The highest BCUT2D eigenvalue weighted by atomic mass is 19.1. The monoisotopic (exact) mass is 404 g/mol. The van der Waals surface area contributed by atoms with E-state index in [1.54, 1.807) is 0 Å².